The molecule has 216 valence electrons. The molecule has 1 aliphatic heterocycles. The fraction of sp³-hybridized carbons (Fsp3) is 0.400. The van der Waals surface area contributed by atoms with Gasteiger partial charge in [0.05, 0.1) is 26.4 Å². The smallest absolute Gasteiger partial charge is 0.333 e. The van der Waals surface area contributed by atoms with Crippen LogP contribution in [0.4, 0.5) is 0 Å². The Bertz CT molecular complexity index is 1080. The van der Waals surface area contributed by atoms with Crippen LogP contribution in [0.5, 0.6) is 23.0 Å². The minimum Gasteiger partial charge on any atom is -0.487 e. The molecule has 0 amide bonds. The van der Waals surface area contributed by atoms with Gasteiger partial charge in [-0.05, 0) is 49.2 Å². The fourth-order valence-corrected chi connectivity index (χ4v) is 3.34. The maximum absolute atomic E-state index is 11.7. The maximum Gasteiger partial charge on any atom is 0.333 e. The number of benzene rings is 2. The van der Waals surface area contributed by atoms with Crippen LogP contribution in [0.3, 0.4) is 0 Å². The van der Waals surface area contributed by atoms with Gasteiger partial charge < -0.3 is 37.9 Å². The van der Waals surface area contributed by atoms with E-state index in [4.69, 9.17) is 37.9 Å². The van der Waals surface area contributed by atoms with E-state index in [2.05, 4.69) is 13.2 Å². The minimum absolute atomic E-state index is 0.0821. The second-order valence-electron chi connectivity index (χ2n) is 8.89. The summed E-state index contributed by atoms with van der Waals surface area (Å²) in [4.78, 5) is 23.5. The predicted molar refractivity (Wildman–Crippen MR) is 146 cm³/mol. The topological polar surface area (TPSA) is 108 Å². The largest absolute Gasteiger partial charge is 0.487 e. The first kappa shape index (κ1) is 30.5. The lowest BCUT2D eigenvalue weighted by molar-refractivity contribution is -0.141. The number of hydrogen-bond donors (Lipinski definition) is 0. The van der Waals surface area contributed by atoms with E-state index >= 15 is 0 Å². The van der Waals surface area contributed by atoms with Crippen molar-refractivity contribution in [3.8, 4) is 23.0 Å². The molecule has 10 nitrogen and oxygen atoms in total. The van der Waals surface area contributed by atoms with E-state index < -0.39 is 11.9 Å². The van der Waals surface area contributed by atoms with Crippen molar-refractivity contribution in [1.82, 2.24) is 0 Å². The molecule has 1 aliphatic rings. The van der Waals surface area contributed by atoms with Crippen LogP contribution >= 0.6 is 0 Å². The number of hydrogen-bond acceptors (Lipinski definition) is 10. The lowest BCUT2D eigenvalue weighted by atomic mass is 10.2. The zero-order valence-electron chi connectivity index (χ0n) is 23.0. The highest BCUT2D eigenvalue weighted by atomic mass is 16.6. The number of carbonyl (C=O) groups is 2. The summed E-state index contributed by atoms with van der Waals surface area (Å²) >= 11 is 0. The molecule has 1 heterocycles. The first-order valence-electron chi connectivity index (χ1n) is 12.9. The first-order valence-corrected chi connectivity index (χ1v) is 12.9. The quantitative estimate of drug-likeness (QED) is 0.380. The molecule has 2 aromatic rings. The number of esters is 2. The van der Waals surface area contributed by atoms with Gasteiger partial charge in [-0.3, -0.25) is 0 Å². The van der Waals surface area contributed by atoms with Gasteiger partial charge in [-0.2, -0.15) is 0 Å². The Hall–Kier alpha value is -4.02. The Balaban J connectivity index is 1.60. The Labute approximate surface area is 234 Å². The normalized spacial score (nSPS) is 14.7. The van der Waals surface area contributed by atoms with Crippen LogP contribution in [0.15, 0.2) is 60.7 Å². The molecule has 0 atom stereocenters. The number of fused-ring (bicyclic) bond motifs is 2. The molecule has 0 spiro atoms. The van der Waals surface area contributed by atoms with Gasteiger partial charge in [0.15, 0.2) is 23.0 Å². The molecule has 0 N–H and O–H groups in total. The van der Waals surface area contributed by atoms with Gasteiger partial charge in [-0.25, -0.2) is 9.59 Å². The molecule has 40 heavy (non-hydrogen) atoms. The molecular formula is C30H36O10. The molecule has 0 unspecified atom stereocenters. The number of ether oxygens (including phenoxy) is 8. The minimum atomic E-state index is -0.460. The van der Waals surface area contributed by atoms with E-state index in [0.717, 1.165) is 11.1 Å². The molecule has 2 aromatic carbocycles. The summed E-state index contributed by atoms with van der Waals surface area (Å²) in [6, 6.07) is 10.7. The van der Waals surface area contributed by atoms with Crippen molar-refractivity contribution in [2.45, 2.75) is 27.1 Å². The SMILES string of the molecule is C=C(C)C(=O)OCc1ccc2c(c1)OCCOCCOc1cc(COC(=O)C(=C)C)ccc1OCCOCCO2. The Morgan fingerprint density at radius 3 is 1.30 bits per heavy atom. The van der Waals surface area contributed by atoms with Crippen molar-refractivity contribution < 1.29 is 47.5 Å². The summed E-state index contributed by atoms with van der Waals surface area (Å²) in [6.07, 6.45) is 0. The third-order valence-corrected chi connectivity index (χ3v) is 5.39. The summed E-state index contributed by atoms with van der Waals surface area (Å²) in [5, 5.41) is 0. The average molecular weight is 557 g/mol. The molecule has 10 heteroatoms. The lowest BCUT2D eigenvalue weighted by Crippen LogP contribution is -2.15. The predicted octanol–water partition coefficient (Wildman–Crippen LogP) is 4.19. The average Bonchev–Trinajstić information content (AvgIpc) is 2.94. The molecule has 3 rings (SSSR count). The Morgan fingerprint density at radius 2 is 0.950 bits per heavy atom. The van der Waals surface area contributed by atoms with Crippen LogP contribution in [0.1, 0.15) is 25.0 Å². The van der Waals surface area contributed by atoms with Crippen molar-refractivity contribution in [1.29, 1.82) is 0 Å². The number of rotatable bonds is 6. The van der Waals surface area contributed by atoms with Crippen molar-refractivity contribution in [2.24, 2.45) is 0 Å². The fourth-order valence-electron chi connectivity index (χ4n) is 3.34. The van der Waals surface area contributed by atoms with Gasteiger partial charge in [0, 0.05) is 11.1 Å². The highest BCUT2D eigenvalue weighted by molar-refractivity contribution is 5.87. The van der Waals surface area contributed by atoms with Crippen LogP contribution < -0.4 is 18.9 Å². The van der Waals surface area contributed by atoms with Crippen LogP contribution in [-0.2, 0) is 41.8 Å². The highest BCUT2D eigenvalue weighted by Gasteiger charge is 2.12. The summed E-state index contributed by atoms with van der Waals surface area (Å²) in [6.45, 7) is 12.9. The lowest BCUT2D eigenvalue weighted by Gasteiger charge is -2.17. The van der Waals surface area contributed by atoms with Crippen LogP contribution in [0, 0.1) is 0 Å². The summed E-state index contributed by atoms with van der Waals surface area (Å²) in [5.41, 5.74) is 2.15. The second-order valence-corrected chi connectivity index (χ2v) is 8.89. The second kappa shape index (κ2) is 16.2. The van der Waals surface area contributed by atoms with Crippen molar-refractivity contribution in [3.05, 3.63) is 71.8 Å². The van der Waals surface area contributed by atoms with Crippen molar-refractivity contribution in [3.63, 3.8) is 0 Å². The Kier molecular flexibility index (Phi) is 12.3. The van der Waals surface area contributed by atoms with E-state index in [1.807, 2.05) is 0 Å². The molecular weight excluding hydrogens is 520 g/mol. The molecule has 0 saturated heterocycles. The van der Waals surface area contributed by atoms with Gasteiger partial charge >= 0.3 is 11.9 Å². The van der Waals surface area contributed by atoms with Gasteiger partial charge in [0.25, 0.3) is 0 Å². The van der Waals surface area contributed by atoms with Gasteiger partial charge in [-0.1, -0.05) is 25.3 Å². The van der Waals surface area contributed by atoms with Crippen LogP contribution in [-0.4, -0.2) is 64.8 Å². The molecule has 0 bridgehead atoms. The molecule has 0 saturated carbocycles. The first-order chi connectivity index (χ1) is 19.3. The van der Waals surface area contributed by atoms with Crippen LogP contribution in [0.25, 0.3) is 0 Å². The van der Waals surface area contributed by atoms with Crippen molar-refractivity contribution >= 4 is 11.9 Å². The highest BCUT2D eigenvalue weighted by Crippen LogP contribution is 2.30. The standard InChI is InChI=1S/C30H36O10/c1-21(2)29(31)39-19-23-5-7-25-27(17-23)37-15-11-34-12-16-38-28-18-24(20-40-30(32)22(3)4)6-8-26(28)36-14-10-33-9-13-35-25/h5-8,17-18H,1,3,9-16,19-20H2,2,4H3. The molecule has 0 radical (unpaired) electrons. The monoisotopic (exact) mass is 556 g/mol. The third-order valence-electron chi connectivity index (χ3n) is 5.39. The Morgan fingerprint density at radius 1 is 0.600 bits per heavy atom. The third kappa shape index (κ3) is 10.3. The summed E-state index contributed by atoms with van der Waals surface area (Å²) < 4.78 is 45.3. The van der Waals surface area contributed by atoms with E-state index in [1.54, 1.807) is 50.2 Å². The number of carbonyl (C=O) groups excluding carboxylic acids is 2. The van der Waals surface area contributed by atoms with Crippen LogP contribution in [0.2, 0.25) is 0 Å². The van der Waals surface area contributed by atoms with E-state index in [1.165, 1.54) is 0 Å². The van der Waals surface area contributed by atoms with Gasteiger partial charge in [-0.15, -0.1) is 0 Å². The zero-order chi connectivity index (χ0) is 28.7. The molecule has 0 fully saturated rings. The molecule has 0 aromatic heterocycles. The van der Waals surface area contributed by atoms with Crippen molar-refractivity contribution in [2.75, 3.05) is 52.9 Å². The summed E-state index contributed by atoms with van der Waals surface area (Å²) in [7, 11) is 0. The van der Waals surface area contributed by atoms with E-state index in [0.29, 0.717) is 73.8 Å². The molecule has 0 aliphatic carbocycles. The zero-order valence-corrected chi connectivity index (χ0v) is 23.0. The van der Waals surface area contributed by atoms with Gasteiger partial charge in [0.1, 0.15) is 39.6 Å². The summed E-state index contributed by atoms with van der Waals surface area (Å²) in [5.74, 6) is 1.16. The van der Waals surface area contributed by atoms with E-state index in [-0.39, 0.29) is 26.4 Å². The maximum atomic E-state index is 11.7. The van der Waals surface area contributed by atoms with Gasteiger partial charge in [0.2, 0.25) is 0 Å². The van der Waals surface area contributed by atoms with E-state index in [9.17, 15) is 9.59 Å².